The summed E-state index contributed by atoms with van der Waals surface area (Å²) in [5, 5.41) is 2.80. The van der Waals surface area contributed by atoms with Gasteiger partial charge < -0.3 is 10.1 Å². The van der Waals surface area contributed by atoms with Gasteiger partial charge in [0.25, 0.3) is 0 Å². The molecule has 0 heterocycles. The van der Waals surface area contributed by atoms with Gasteiger partial charge in [-0.1, -0.05) is 35.0 Å². The molecule has 0 saturated heterocycles. The number of hydrogen-bond donors (Lipinski definition) is 1. The third kappa shape index (κ3) is 5.14. The Morgan fingerprint density at radius 1 is 1.47 bits per heavy atom. The highest BCUT2D eigenvalue weighted by Crippen LogP contribution is 2.21. The van der Waals surface area contributed by atoms with Crippen LogP contribution in [0.2, 0.25) is 0 Å². The van der Waals surface area contributed by atoms with Crippen molar-refractivity contribution in [1.29, 1.82) is 0 Å². The summed E-state index contributed by atoms with van der Waals surface area (Å²) in [5.41, 5.74) is 0.710. The molecule has 1 aromatic carbocycles. The van der Waals surface area contributed by atoms with Crippen LogP contribution in [0.15, 0.2) is 24.3 Å². The zero-order valence-electron chi connectivity index (χ0n) is 10.7. The molecule has 0 bridgehead atoms. The largest absolute Gasteiger partial charge is 0.435 e. The second-order valence-electron chi connectivity index (χ2n) is 4.06. The molecule has 0 spiro atoms. The fourth-order valence-electron chi connectivity index (χ4n) is 1.53. The third-order valence-corrected chi connectivity index (χ3v) is 3.65. The van der Waals surface area contributed by atoms with Crippen LogP contribution in [0.25, 0.3) is 0 Å². The summed E-state index contributed by atoms with van der Waals surface area (Å²) in [7, 11) is 0. The van der Waals surface area contributed by atoms with Crippen molar-refractivity contribution in [2.75, 3.05) is 0 Å². The quantitative estimate of drug-likeness (QED) is 0.806. The van der Waals surface area contributed by atoms with Crippen LogP contribution < -0.4 is 10.1 Å². The number of carbonyl (C=O) groups excluding carboxylic acids is 1. The molecule has 6 heteroatoms. The summed E-state index contributed by atoms with van der Waals surface area (Å²) in [6.45, 7) is 0.822. The molecular weight excluding hydrogens is 320 g/mol. The second-order valence-corrected chi connectivity index (χ2v) is 5.16. The van der Waals surface area contributed by atoms with E-state index in [1.807, 2.05) is 6.92 Å². The SMILES string of the molecule is CCC(Br)C(=O)NC(C)c1cccc(OC(F)F)c1. The van der Waals surface area contributed by atoms with Crippen LogP contribution in [-0.4, -0.2) is 17.3 Å². The first-order valence-electron chi connectivity index (χ1n) is 5.93. The first-order chi connectivity index (χ1) is 8.93. The van der Waals surface area contributed by atoms with Gasteiger partial charge in [0, 0.05) is 0 Å². The number of carbonyl (C=O) groups is 1. The van der Waals surface area contributed by atoms with Gasteiger partial charge in [0.05, 0.1) is 10.9 Å². The fourth-order valence-corrected chi connectivity index (χ4v) is 1.66. The van der Waals surface area contributed by atoms with Crippen molar-refractivity contribution in [3.63, 3.8) is 0 Å². The molecule has 1 rings (SSSR count). The summed E-state index contributed by atoms with van der Waals surface area (Å²) in [5.74, 6) is -0.0466. The topological polar surface area (TPSA) is 38.3 Å². The number of nitrogens with one attached hydrogen (secondary N) is 1. The fraction of sp³-hybridized carbons (Fsp3) is 0.462. The average molecular weight is 336 g/mol. The molecular formula is C13H16BrF2NO2. The lowest BCUT2D eigenvalue weighted by molar-refractivity contribution is -0.121. The van der Waals surface area contributed by atoms with Crippen LogP contribution in [0.3, 0.4) is 0 Å². The minimum atomic E-state index is -2.85. The van der Waals surface area contributed by atoms with Gasteiger partial charge in [0.1, 0.15) is 5.75 Å². The van der Waals surface area contributed by atoms with Gasteiger partial charge in [-0.05, 0) is 31.0 Å². The Balaban J connectivity index is 2.71. The summed E-state index contributed by atoms with van der Waals surface area (Å²) < 4.78 is 28.6. The van der Waals surface area contributed by atoms with E-state index in [9.17, 15) is 13.6 Å². The molecule has 0 radical (unpaired) electrons. The van der Waals surface area contributed by atoms with Crippen LogP contribution in [0, 0.1) is 0 Å². The average Bonchev–Trinajstić information content (AvgIpc) is 2.37. The van der Waals surface area contributed by atoms with Gasteiger partial charge in [-0.3, -0.25) is 4.79 Å². The van der Waals surface area contributed by atoms with E-state index in [1.54, 1.807) is 19.1 Å². The smallest absolute Gasteiger partial charge is 0.387 e. The summed E-state index contributed by atoms with van der Waals surface area (Å²) in [4.78, 5) is 11.5. The molecule has 0 fully saturated rings. The van der Waals surface area contributed by atoms with E-state index < -0.39 is 6.61 Å². The van der Waals surface area contributed by atoms with Gasteiger partial charge >= 0.3 is 6.61 Å². The molecule has 2 unspecified atom stereocenters. The summed E-state index contributed by atoms with van der Waals surface area (Å²) in [6.07, 6.45) is 0.674. The van der Waals surface area contributed by atoms with Crippen LogP contribution in [0.1, 0.15) is 31.9 Å². The zero-order chi connectivity index (χ0) is 14.4. The number of alkyl halides is 3. The van der Waals surface area contributed by atoms with Crippen molar-refractivity contribution in [1.82, 2.24) is 5.32 Å². The van der Waals surface area contributed by atoms with E-state index in [4.69, 9.17) is 0 Å². The van der Waals surface area contributed by atoms with Crippen molar-refractivity contribution >= 4 is 21.8 Å². The van der Waals surface area contributed by atoms with Gasteiger partial charge in [-0.2, -0.15) is 8.78 Å². The Hall–Kier alpha value is -1.17. The standard InChI is InChI=1S/C13H16BrF2NO2/c1-3-11(14)12(18)17-8(2)9-5-4-6-10(7-9)19-13(15)16/h4-8,11,13H,3H2,1-2H3,(H,17,18). The van der Waals surface area contributed by atoms with Crippen molar-refractivity contribution < 1.29 is 18.3 Å². The predicted octanol–water partition coefficient (Wildman–Crippen LogP) is 3.64. The highest BCUT2D eigenvalue weighted by molar-refractivity contribution is 9.10. The monoisotopic (exact) mass is 335 g/mol. The number of benzene rings is 1. The maximum atomic E-state index is 12.1. The van der Waals surface area contributed by atoms with E-state index in [-0.39, 0.29) is 22.5 Å². The van der Waals surface area contributed by atoms with Gasteiger partial charge in [-0.25, -0.2) is 0 Å². The number of hydrogen-bond acceptors (Lipinski definition) is 2. The van der Waals surface area contributed by atoms with Crippen molar-refractivity contribution in [2.45, 2.75) is 37.7 Å². The molecule has 0 aliphatic rings. The Bertz CT molecular complexity index is 429. The molecule has 0 saturated carbocycles. The van der Waals surface area contributed by atoms with Crippen LogP contribution in [0.5, 0.6) is 5.75 Å². The van der Waals surface area contributed by atoms with Crippen molar-refractivity contribution in [3.05, 3.63) is 29.8 Å². The zero-order valence-corrected chi connectivity index (χ0v) is 12.3. The number of halogens is 3. The van der Waals surface area contributed by atoms with Crippen molar-refractivity contribution in [2.24, 2.45) is 0 Å². The lowest BCUT2D eigenvalue weighted by atomic mass is 10.1. The highest BCUT2D eigenvalue weighted by atomic mass is 79.9. The maximum absolute atomic E-state index is 12.1. The van der Waals surface area contributed by atoms with Gasteiger partial charge in [0.15, 0.2) is 0 Å². The lowest BCUT2D eigenvalue weighted by Gasteiger charge is -2.17. The molecule has 1 amide bonds. The molecule has 19 heavy (non-hydrogen) atoms. The minimum absolute atomic E-state index is 0.0829. The molecule has 0 aliphatic heterocycles. The van der Waals surface area contributed by atoms with Gasteiger partial charge in [0.2, 0.25) is 5.91 Å². The predicted molar refractivity (Wildman–Crippen MR) is 72.6 cm³/mol. The summed E-state index contributed by atoms with van der Waals surface area (Å²) in [6, 6.07) is 6.02. The van der Waals surface area contributed by atoms with Crippen LogP contribution >= 0.6 is 15.9 Å². The van der Waals surface area contributed by atoms with E-state index >= 15 is 0 Å². The molecule has 0 aliphatic carbocycles. The number of rotatable bonds is 6. The number of ether oxygens (including phenoxy) is 1. The second kappa shape index (κ2) is 7.43. The van der Waals surface area contributed by atoms with Crippen molar-refractivity contribution in [3.8, 4) is 5.75 Å². The minimum Gasteiger partial charge on any atom is -0.435 e. The van der Waals surface area contributed by atoms with E-state index in [1.165, 1.54) is 12.1 Å². The molecule has 3 nitrogen and oxygen atoms in total. The van der Waals surface area contributed by atoms with Crippen LogP contribution in [-0.2, 0) is 4.79 Å². The van der Waals surface area contributed by atoms with E-state index in [2.05, 4.69) is 26.0 Å². The van der Waals surface area contributed by atoms with Gasteiger partial charge in [-0.15, -0.1) is 0 Å². The van der Waals surface area contributed by atoms with E-state index in [0.717, 1.165) is 0 Å². The molecule has 1 aromatic rings. The first-order valence-corrected chi connectivity index (χ1v) is 6.84. The molecule has 2 atom stereocenters. The maximum Gasteiger partial charge on any atom is 0.387 e. The Labute approximate surface area is 119 Å². The lowest BCUT2D eigenvalue weighted by Crippen LogP contribution is -2.32. The Morgan fingerprint density at radius 2 is 2.16 bits per heavy atom. The molecule has 0 aromatic heterocycles. The molecule has 106 valence electrons. The normalized spacial score (nSPS) is 14.0. The third-order valence-electron chi connectivity index (χ3n) is 2.58. The Kier molecular flexibility index (Phi) is 6.21. The van der Waals surface area contributed by atoms with E-state index in [0.29, 0.717) is 12.0 Å². The first kappa shape index (κ1) is 15.9. The summed E-state index contributed by atoms with van der Waals surface area (Å²) >= 11 is 3.25. The Morgan fingerprint density at radius 3 is 2.74 bits per heavy atom. The molecule has 1 N–H and O–H groups in total. The van der Waals surface area contributed by atoms with Crippen LogP contribution in [0.4, 0.5) is 8.78 Å². The number of amides is 1. The highest BCUT2D eigenvalue weighted by Gasteiger charge is 2.16.